The predicted octanol–water partition coefficient (Wildman–Crippen LogP) is 1.06. The lowest BCUT2D eigenvalue weighted by atomic mass is 10.1. The summed E-state index contributed by atoms with van der Waals surface area (Å²) in [6.07, 6.45) is 0.549. The Morgan fingerprint density at radius 3 is 2.89 bits per heavy atom. The van der Waals surface area contributed by atoms with Crippen molar-refractivity contribution in [1.29, 1.82) is 0 Å². The number of hydrogen-bond donors (Lipinski definition) is 1. The summed E-state index contributed by atoms with van der Waals surface area (Å²) in [5, 5.41) is 2.56. The maximum atomic E-state index is 13.1. The summed E-state index contributed by atoms with van der Waals surface area (Å²) in [6, 6.07) is 5.61. The van der Waals surface area contributed by atoms with E-state index in [-0.39, 0.29) is 30.7 Å². The maximum Gasteiger partial charge on any atom is 0.243 e. The van der Waals surface area contributed by atoms with E-state index in [1.165, 1.54) is 17.0 Å². The van der Waals surface area contributed by atoms with Gasteiger partial charge in [0.15, 0.2) is 0 Å². The van der Waals surface area contributed by atoms with E-state index in [9.17, 15) is 14.0 Å². The van der Waals surface area contributed by atoms with Crippen molar-refractivity contribution in [3.8, 4) is 0 Å². The molecule has 1 aliphatic rings. The van der Waals surface area contributed by atoms with Crippen LogP contribution >= 0.6 is 0 Å². The molecule has 1 heterocycles. The average Bonchev–Trinajstić information content (AvgIpc) is 2.34. The van der Waals surface area contributed by atoms with E-state index in [1.54, 1.807) is 12.1 Å². The molecule has 1 saturated heterocycles. The number of halogens is 1. The summed E-state index contributed by atoms with van der Waals surface area (Å²) in [5.41, 5.74) is 0.691. The van der Waals surface area contributed by atoms with Crippen molar-refractivity contribution in [2.24, 2.45) is 0 Å². The normalized spacial score (nSPS) is 19.9. The van der Waals surface area contributed by atoms with Crippen LogP contribution in [0.1, 0.15) is 18.9 Å². The average molecular weight is 250 g/mol. The standard InChI is InChI=1S/C13H15FN2O2/c1-2-11-13(18)15-7-12(17)16(11)8-9-4-3-5-10(14)6-9/h3-6,11H,2,7-8H2,1H3,(H,15,18). The van der Waals surface area contributed by atoms with E-state index in [1.807, 2.05) is 6.92 Å². The van der Waals surface area contributed by atoms with Gasteiger partial charge in [-0.05, 0) is 24.1 Å². The zero-order valence-corrected chi connectivity index (χ0v) is 10.1. The Hall–Kier alpha value is -1.91. The van der Waals surface area contributed by atoms with Gasteiger partial charge in [0.25, 0.3) is 0 Å². The van der Waals surface area contributed by atoms with Gasteiger partial charge in [0.1, 0.15) is 11.9 Å². The van der Waals surface area contributed by atoms with E-state index >= 15 is 0 Å². The number of benzene rings is 1. The number of hydrogen-bond acceptors (Lipinski definition) is 2. The summed E-state index contributed by atoms with van der Waals surface area (Å²) in [4.78, 5) is 25.0. The molecule has 0 spiro atoms. The fraction of sp³-hybridized carbons (Fsp3) is 0.385. The van der Waals surface area contributed by atoms with Crippen LogP contribution in [0.15, 0.2) is 24.3 Å². The first kappa shape index (κ1) is 12.5. The molecular formula is C13H15FN2O2. The second kappa shape index (κ2) is 5.16. The number of piperazine rings is 1. The smallest absolute Gasteiger partial charge is 0.243 e. The van der Waals surface area contributed by atoms with Crippen LogP contribution in [0.2, 0.25) is 0 Å². The van der Waals surface area contributed by atoms with Crippen molar-refractivity contribution in [3.63, 3.8) is 0 Å². The van der Waals surface area contributed by atoms with Crippen LogP contribution in [-0.2, 0) is 16.1 Å². The number of nitrogens with zero attached hydrogens (tertiary/aromatic N) is 1. The van der Waals surface area contributed by atoms with Crippen molar-refractivity contribution in [3.05, 3.63) is 35.6 Å². The quantitative estimate of drug-likeness (QED) is 0.872. The number of rotatable bonds is 3. The van der Waals surface area contributed by atoms with Gasteiger partial charge in [-0.1, -0.05) is 19.1 Å². The SMILES string of the molecule is CCC1C(=O)NCC(=O)N1Cc1cccc(F)c1. The van der Waals surface area contributed by atoms with E-state index in [4.69, 9.17) is 0 Å². The third kappa shape index (κ3) is 2.50. The molecule has 2 rings (SSSR count). The summed E-state index contributed by atoms with van der Waals surface area (Å²) in [7, 11) is 0. The van der Waals surface area contributed by atoms with Crippen LogP contribution in [0.5, 0.6) is 0 Å². The van der Waals surface area contributed by atoms with Gasteiger partial charge in [0.05, 0.1) is 6.54 Å². The number of nitrogens with one attached hydrogen (secondary N) is 1. The van der Waals surface area contributed by atoms with Gasteiger partial charge in [-0.25, -0.2) is 4.39 Å². The second-order valence-electron chi connectivity index (χ2n) is 4.29. The highest BCUT2D eigenvalue weighted by atomic mass is 19.1. The first-order valence-electron chi connectivity index (χ1n) is 5.93. The Morgan fingerprint density at radius 2 is 2.22 bits per heavy atom. The Morgan fingerprint density at radius 1 is 1.44 bits per heavy atom. The molecule has 1 aliphatic heterocycles. The molecule has 0 saturated carbocycles. The van der Waals surface area contributed by atoms with Gasteiger partial charge in [0, 0.05) is 6.54 Å². The molecule has 0 aliphatic carbocycles. The molecule has 4 nitrogen and oxygen atoms in total. The maximum absolute atomic E-state index is 13.1. The van der Waals surface area contributed by atoms with Crippen molar-refractivity contribution in [2.75, 3.05) is 6.54 Å². The molecule has 1 N–H and O–H groups in total. The Bertz CT molecular complexity index is 476. The zero-order valence-electron chi connectivity index (χ0n) is 10.1. The summed E-state index contributed by atoms with van der Waals surface area (Å²) in [5.74, 6) is -0.617. The molecule has 1 atom stereocenters. The molecule has 1 aromatic carbocycles. The van der Waals surface area contributed by atoms with E-state index in [0.717, 1.165) is 0 Å². The first-order chi connectivity index (χ1) is 8.61. The Kier molecular flexibility index (Phi) is 3.60. The minimum Gasteiger partial charge on any atom is -0.345 e. The van der Waals surface area contributed by atoms with E-state index in [0.29, 0.717) is 12.0 Å². The van der Waals surface area contributed by atoms with Crippen molar-refractivity contribution < 1.29 is 14.0 Å². The number of carbonyl (C=O) groups is 2. The minimum atomic E-state index is -0.463. The van der Waals surface area contributed by atoms with Crippen LogP contribution in [0, 0.1) is 5.82 Å². The molecule has 5 heteroatoms. The molecule has 1 aromatic rings. The molecule has 1 fully saturated rings. The molecular weight excluding hydrogens is 235 g/mol. The van der Waals surface area contributed by atoms with Crippen LogP contribution < -0.4 is 5.32 Å². The third-order valence-electron chi connectivity index (χ3n) is 3.04. The highest BCUT2D eigenvalue weighted by molar-refractivity contribution is 5.94. The lowest BCUT2D eigenvalue weighted by Crippen LogP contribution is -2.57. The van der Waals surface area contributed by atoms with E-state index in [2.05, 4.69) is 5.32 Å². The zero-order chi connectivity index (χ0) is 13.1. The number of amides is 2. The van der Waals surface area contributed by atoms with Crippen LogP contribution in [0.3, 0.4) is 0 Å². The lowest BCUT2D eigenvalue weighted by molar-refractivity contribution is -0.146. The fourth-order valence-electron chi connectivity index (χ4n) is 2.13. The van der Waals surface area contributed by atoms with Crippen molar-refractivity contribution in [1.82, 2.24) is 10.2 Å². The molecule has 0 aromatic heterocycles. The first-order valence-corrected chi connectivity index (χ1v) is 5.93. The molecule has 18 heavy (non-hydrogen) atoms. The largest absolute Gasteiger partial charge is 0.345 e. The lowest BCUT2D eigenvalue weighted by Gasteiger charge is -2.34. The van der Waals surface area contributed by atoms with Gasteiger partial charge in [-0.15, -0.1) is 0 Å². The van der Waals surface area contributed by atoms with Gasteiger partial charge < -0.3 is 10.2 Å². The van der Waals surface area contributed by atoms with E-state index < -0.39 is 6.04 Å². The Labute approximate surface area is 105 Å². The summed E-state index contributed by atoms with van der Waals surface area (Å²) < 4.78 is 13.1. The third-order valence-corrected chi connectivity index (χ3v) is 3.04. The Balaban J connectivity index is 2.19. The van der Waals surface area contributed by atoms with Gasteiger partial charge in [-0.3, -0.25) is 9.59 Å². The fourth-order valence-corrected chi connectivity index (χ4v) is 2.13. The number of carbonyl (C=O) groups excluding carboxylic acids is 2. The highest BCUT2D eigenvalue weighted by Gasteiger charge is 2.32. The van der Waals surface area contributed by atoms with Crippen molar-refractivity contribution >= 4 is 11.8 Å². The topological polar surface area (TPSA) is 49.4 Å². The molecule has 0 bridgehead atoms. The molecule has 1 unspecified atom stereocenters. The summed E-state index contributed by atoms with van der Waals surface area (Å²) in [6.45, 7) is 2.13. The van der Waals surface area contributed by atoms with Gasteiger partial charge in [0.2, 0.25) is 11.8 Å². The predicted molar refractivity (Wildman–Crippen MR) is 64.0 cm³/mol. The molecule has 96 valence electrons. The molecule has 0 radical (unpaired) electrons. The summed E-state index contributed by atoms with van der Waals surface area (Å²) >= 11 is 0. The highest BCUT2D eigenvalue weighted by Crippen LogP contribution is 2.15. The van der Waals surface area contributed by atoms with Crippen LogP contribution in [-0.4, -0.2) is 29.3 Å². The van der Waals surface area contributed by atoms with Gasteiger partial charge in [-0.2, -0.15) is 0 Å². The van der Waals surface area contributed by atoms with Crippen LogP contribution in [0.4, 0.5) is 4.39 Å². The molecule has 2 amide bonds. The minimum absolute atomic E-state index is 0.0185. The van der Waals surface area contributed by atoms with Crippen molar-refractivity contribution in [2.45, 2.75) is 25.9 Å². The second-order valence-corrected chi connectivity index (χ2v) is 4.29. The van der Waals surface area contributed by atoms with Gasteiger partial charge >= 0.3 is 0 Å². The van der Waals surface area contributed by atoms with Crippen LogP contribution in [0.25, 0.3) is 0 Å². The monoisotopic (exact) mass is 250 g/mol.